The molecule has 2 nitrogen and oxygen atoms in total. The van der Waals surface area contributed by atoms with Crippen molar-refractivity contribution in [1.82, 2.24) is 4.57 Å². The van der Waals surface area contributed by atoms with E-state index in [1.54, 1.807) is 0 Å². The van der Waals surface area contributed by atoms with Crippen LogP contribution in [-0.4, -0.2) is 19.9 Å². The fourth-order valence-electron chi connectivity index (χ4n) is 3.48. The molecule has 0 fully saturated rings. The molecule has 0 amide bonds. The molecule has 2 aromatic carbocycles. The first kappa shape index (κ1) is 16.3. The number of aryl methyl sites for hydroxylation is 2. The Morgan fingerprint density at radius 1 is 0.800 bits per heavy atom. The molecule has 0 atom stereocenters. The maximum absolute atomic E-state index is 2.48. The molecule has 0 N–H and O–H groups in total. The van der Waals surface area contributed by atoms with Gasteiger partial charge in [0.15, 0.2) is 0 Å². The SMILES string of the molecule is CCn1c(=[As]c2ccc3ccccc3[n+]2CC)ccc2ccccc21. The quantitative estimate of drug-likeness (QED) is 0.373. The van der Waals surface area contributed by atoms with Crippen LogP contribution in [0.2, 0.25) is 0 Å². The number of hydrogen-bond donors (Lipinski definition) is 0. The monoisotopic (exact) mass is 389 g/mol. The zero-order chi connectivity index (χ0) is 17.2. The Morgan fingerprint density at radius 2 is 1.52 bits per heavy atom. The van der Waals surface area contributed by atoms with Crippen molar-refractivity contribution in [1.29, 1.82) is 0 Å². The van der Waals surface area contributed by atoms with Crippen LogP contribution in [-0.2, 0) is 13.1 Å². The summed E-state index contributed by atoms with van der Waals surface area (Å²) < 4.78 is 7.86. The van der Waals surface area contributed by atoms with E-state index in [2.05, 4.69) is 95.8 Å². The zero-order valence-electron chi connectivity index (χ0n) is 14.7. The van der Waals surface area contributed by atoms with E-state index >= 15 is 0 Å². The van der Waals surface area contributed by atoms with Crippen LogP contribution >= 0.6 is 0 Å². The third-order valence-corrected chi connectivity index (χ3v) is 7.29. The Labute approximate surface area is 154 Å². The Morgan fingerprint density at radius 3 is 2.32 bits per heavy atom. The molecular formula is C22H22AsN2+. The molecular weight excluding hydrogens is 367 g/mol. The van der Waals surface area contributed by atoms with Gasteiger partial charge in [-0.05, 0) is 0 Å². The Bertz CT molecular complexity index is 1130. The number of hydrogen-bond acceptors (Lipinski definition) is 0. The molecule has 0 unspecified atom stereocenters. The molecule has 0 aliphatic carbocycles. The molecule has 2 aromatic heterocycles. The topological polar surface area (TPSA) is 8.81 Å². The van der Waals surface area contributed by atoms with Crippen LogP contribution < -0.4 is 9.05 Å². The molecule has 2 heterocycles. The molecule has 0 saturated carbocycles. The van der Waals surface area contributed by atoms with Gasteiger partial charge in [-0.15, -0.1) is 0 Å². The van der Waals surface area contributed by atoms with Crippen LogP contribution in [0.4, 0.5) is 0 Å². The van der Waals surface area contributed by atoms with Crippen LogP contribution in [0.25, 0.3) is 21.8 Å². The van der Waals surface area contributed by atoms with E-state index in [0.29, 0.717) is 0 Å². The number of pyridine rings is 2. The van der Waals surface area contributed by atoms with Gasteiger partial charge in [0.1, 0.15) is 0 Å². The van der Waals surface area contributed by atoms with Gasteiger partial charge in [-0.25, -0.2) is 0 Å². The first-order chi connectivity index (χ1) is 12.3. The predicted octanol–water partition coefficient (Wildman–Crippen LogP) is 3.68. The maximum atomic E-state index is 2.48. The Hall–Kier alpha value is -2.18. The number of benzene rings is 2. The zero-order valence-corrected chi connectivity index (χ0v) is 16.6. The molecule has 0 aliphatic heterocycles. The van der Waals surface area contributed by atoms with Crippen molar-refractivity contribution in [3.8, 4) is 0 Å². The van der Waals surface area contributed by atoms with Gasteiger partial charge in [-0.3, -0.25) is 0 Å². The minimum absolute atomic E-state index is 0.0750. The van der Waals surface area contributed by atoms with Crippen LogP contribution in [0.1, 0.15) is 13.8 Å². The molecule has 0 bridgehead atoms. The molecule has 3 heteroatoms. The second-order valence-corrected chi connectivity index (χ2v) is 8.49. The molecule has 4 rings (SSSR count). The summed E-state index contributed by atoms with van der Waals surface area (Å²) in [6.07, 6.45) is 0. The van der Waals surface area contributed by atoms with Crippen LogP contribution in [0.3, 0.4) is 0 Å². The Balaban J connectivity index is 2.00. The van der Waals surface area contributed by atoms with Crippen LogP contribution in [0, 0.1) is 4.08 Å². The summed E-state index contributed by atoms with van der Waals surface area (Å²) in [4.78, 5) is 0. The normalized spacial score (nSPS) is 12.2. The van der Waals surface area contributed by atoms with Gasteiger partial charge in [0.05, 0.1) is 0 Å². The van der Waals surface area contributed by atoms with E-state index in [4.69, 9.17) is 0 Å². The van der Waals surface area contributed by atoms with E-state index < -0.39 is 0 Å². The van der Waals surface area contributed by atoms with E-state index in [1.165, 1.54) is 30.4 Å². The minimum atomic E-state index is -0.0750. The number of fused-ring (bicyclic) bond motifs is 2. The van der Waals surface area contributed by atoms with E-state index in [0.717, 1.165) is 13.1 Å². The third kappa shape index (κ3) is 2.96. The van der Waals surface area contributed by atoms with E-state index in [1.807, 2.05) is 0 Å². The molecule has 25 heavy (non-hydrogen) atoms. The van der Waals surface area contributed by atoms with Gasteiger partial charge in [0.25, 0.3) is 0 Å². The van der Waals surface area contributed by atoms with Crippen molar-refractivity contribution < 1.29 is 4.57 Å². The summed E-state index contributed by atoms with van der Waals surface area (Å²) in [5, 5.41) is 2.63. The molecule has 4 aromatic rings. The fourth-order valence-corrected chi connectivity index (χ4v) is 6.15. The summed E-state index contributed by atoms with van der Waals surface area (Å²) in [6.45, 7) is 6.49. The van der Waals surface area contributed by atoms with Gasteiger partial charge in [0, 0.05) is 0 Å². The van der Waals surface area contributed by atoms with Crippen LogP contribution in [0.5, 0.6) is 0 Å². The second-order valence-electron chi connectivity index (χ2n) is 6.10. The van der Waals surface area contributed by atoms with E-state index in [9.17, 15) is 0 Å². The number of aromatic nitrogens is 2. The number of nitrogens with zero attached hydrogens (tertiary/aromatic N) is 2. The second kappa shape index (κ2) is 6.98. The molecule has 0 radical (unpaired) electrons. The average Bonchev–Trinajstić information content (AvgIpc) is 2.67. The standard InChI is InChI=1S/C22H22AsN2/c1-3-24-19-11-7-5-9-17(19)13-15-21(24)23-22-16-14-18-10-6-8-12-20(18)25(22)4-2/h5-16H,3-4H2,1-2H3/q+1. The van der Waals surface area contributed by atoms with Gasteiger partial charge in [-0.1, -0.05) is 0 Å². The number of para-hydroxylation sites is 2. The van der Waals surface area contributed by atoms with Gasteiger partial charge < -0.3 is 0 Å². The van der Waals surface area contributed by atoms with Gasteiger partial charge in [-0.2, -0.15) is 0 Å². The average molecular weight is 389 g/mol. The van der Waals surface area contributed by atoms with Crippen molar-refractivity contribution in [2.75, 3.05) is 0 Å². The summed E-state index contributed by atoms with van der Waals surface area (Å²) in [5.74, 6) is 0. The molecule has 0 spiro atoms. The van der Waals surface area contributed by atoms with Gasteiger partial charge in [0.2, 0.25) is 0 Å². The van der Waals surface area contributed by atoms with Crippen molar-refractivity contribution in [3.05, 3.63) is 76.9 Å². The van der Waals surface area contributed by atoms with E-state index in [-0.39, 0.29) is 15.3 Å². The van der Waals surface area contributed by atoms with Crippen molar-refractivity contribution >= 4 is 41.6 Å². The summed E-state index contributed by atoms with van der Waals surface area (Å²) in [6, 6.07) is 26.5. The fraction of sp³-hybridized carbons (Fsp3) is 0.182. The summed E-state index contributed by atoms with van der Waals surface area (Å²) in [7, 11) is 0. The van der Waals surface area contributed by atoms with Crippen molar-refractivity contribution in [3.63, 3.8) is 0 Å². The third-order valence-electron chi connectivity index (χ3n) is 4.69. The Kier molecular flexibility index (Phi) is 4.55. The summed E-state index contributed by atoms with van der Waals surface area (Å²) in [5.41, 5.74) is 2.67. The molecule has 0 aliphatic rings. The van der Waals surface area contributed by atoms with Crippen molar-refractivity contribution in [2.24, 2.45) is 0 Å². The van der Waals surface area contributed by atoms with Crippen molar-refractivity contribution in [2.45, 2.75) is 26.9 Å². The molecule has 124 valence electrons. The predicted molar refractivity (Wildman–Crippen MR) is 106 cm³/mol. The first-order valence-electron chi connectivity index (χ1n) is 8.86. The van der Waals surface area contributed by atoms with Crippen LogP contribution in [0.15, 0.2) is 72.8 Å². The number of rotatable bonds is 3. The molecule has 0 saturated heterocycles. The first-order valence-corrected chi connectivity index (χ1v) is 10.7. The summed E-state index contributed by atoms with van der Waals surface area (Å²) >= 11 is -0.0750. The van der Waals surface area contributed by atoms with Gasteiger partial charge >= 0.3 is 155 Å².